The van der Waals surface area contributed by atoms with Crippen LogP contribution in [0.3, 0.4) is 0 Å². The quantitative estimate of drug-likeness (QED) is 0.425. The Balaban J connectivity index is 1.59. The summed E-state index contributed by atoms with van der Waals surface area (Å²) in [5.74, 6) is 0.849. The van der Waals surface area contributed by atoms with Crippen LogP contribution in [0.15, 0.2) is 54.1 Å². The number of oxime groups is 1. The minimum Gasteiger partial charge on any atom is -0.347 e. The average Bonchev–Trinajstić information content (AvgIpc) is 3.33. The zero-order chi connectivity index (χ0) is 23.2. The molecule has 10 heteroatoms. The van der Waals surface area contributed by atoms with Crippen LogP contribution < -0.4 is 4.84 Å². The molecule has 3 aromatic heterocycles. The summed E-state index contributed by atoms with van der Waals surface area (Å²) in [4.78, 5) is 17.0. The Morgan fingerprint density at radius 2 is 1.97 bits per heavy atom. The van der Waals surface area contributed by atoms with Gasteiger partial charge >= 0.3 is 12.2 Å². The van der Waals surface area contributed by atoms with Gasteiger partial charge in [-0.15, -0.1) is 0 Å². The molecular weight excluding hydrogens is 433 g/mol. The second-order valence-electron chi connectivity index (χ2n) is 8.05. The first kappa shape index (κ1) is 21.2. The van der Waals surface area contributed by atoms with E-state index < -0.39 is 17.9 Å². The molecule has 5 rings (SSSR count). The van der Waals surface area contributed by atoms with Gasteiger partial charge in [-0.3, -0.25) is 0 Å². The molecular formula is C23H21F3N6O. The molecule has 1 aromatic carbocycles. The summed E-state index contributed by atoms with van der Waals surface area (Å²) in [6.45, 7) is 2.55. The topological polar surface area (TPSA) is 70.1 Å². The molecule has 0 saturated heterocycles. The summed E-state index contributed by atoms with van der Waals surface area (Å²) in [5, 5.41) is 5.37. The zero-order valence-corrected chi connectivity index (χ0v) is 18.0. The van der Waals surface area contributed by atoms with Gasteiger partial charge in [-0.2, -0.15) is 18.2 Å². The van der Waals surface area contributed by atoms with Crippen LogP contribution in [0.1, 0.15) is 29.2 Å². The van der Waals surface area contributed by atoms with E-state index >= 15 is 0 Å². The number of aromatic nitrogens is 5. The number of benzene rings is 1. The summed E-state index contributed by atoms with van der Waals surface area (Å²) < 4.78 is 43.3. The normalized spacial score (nSPS) is 17.5. The molecule has 0 fully saturated rings. The Kier molecular flexibility index (Phi) is 5.15. The third-order valence-electron chi connectivity index (χ3n) is 6.09. The van der Waals surface area contributed by atoms with Gasteiger partial charge in [0.25, 0.3) is 0 Å². The van der Waals surface area contributed by atoms with Gasteiger partial charge in [-0.05, 0) is 31.9 Å². The Morgan fingerprint density at radius 1 is 1.15 bits per heavy atom. The van der Waals surface area contributed by atoms with Crippen molar-refractivity contribution in [2.45, 2.75) is 32.5 Å². The molecule has 0 radical (unpaired) electrons. The smallest absolute Gasteiger partial charge is 0.347 e. The molecule has 1 aliphatic carbocycles. The molecule has 0 bridgehead atoms. The van der Waals surface area contributed by atoms with E-state index in [1.165, 1.54) is 0 Å². The number of hydrogen-bond donors (Lipinski definition) is 0. The van der Waals surface area contributed by atoms with Crippen molar-refractivity contribution in [1.29, 1.82) is 0 Å². The van der Waals surface area contributed by atoms with Gasteiger partial charge in [0.2, 0.25) is 0 Å². The van der Waals surface area contributed by atoms with Crippen molar-refractivity contribution < 1.29 is 18.0 Å². The largest absolute Gasteiger partial charge is 0.433 e. The van der Waals surface area contributed by atoms with Crippen LogP contribution in [0.2, 0.25) is 0 Å². The summed E-state index contributed by atoms with van der Waals surface area (Å²) in [7, 11) is 2.01. The van der Waals surface area contributed by atoms with E-state index in [-0.39, 0.29) is 5.92 Å². The van der Waals surface area contributed by atoms with Crippen LogP contribution in [-0.2, 0) is 26.2 Å². The minimum atomic E-state index is -4.59. The molecule has 0 saturated carbocycles. The van der Waals surface area contributed by atoms with E-state index in [4.69, 9.17) is 4.84 Å². The molecule has 0 spiro atoms. The highest BCUT2D eigenvalue weighted by atomic mass is 19.4. The maximum absolute atomic E-state index is 13.1. The number of para-hydroxylation sites is 1. The number of fused-ring (bicyclic) bond motifs is 3. The summed E-state index contributed by atoms with van der Waals surface area (Å²) in [6, 6.07) is 8.35. The standard InChI is InChI=1S/C23H21F3N6O/c1-14-27-11-12-32(14)13-15-7-8-18-20(16-5-3-4-6-17(16)31(18)2)21(15)30-33-22-28-10-9-19(29-22)23(24,25)26/h3-6,9-12,15H,7-8,13H2,1-2H3/b30-21+. The molecule has 0 amide bonds. The molecule has 0 aliphatic heterocycles. The SMILES string of the molecule is Cc1nccn1CC1CCc2c(c3ccccc3n2C)/C1=N/Oc1nccc(C(F)(F)F)n1. The van der Waals surface area contributed by atoms with E-state index in [0.717, 1.165) is 53.1 Å². The zero-order valence-electron chi connectivity index (χ0n) is 18.0. The minimum absolute atomic E-state index is 0.0259. The van der Waals surface area contributed by atoms with E-state index in [0.29, 0.717) is 12.3 Å². The fourth-order valence-corrected chi connectivity index (χ4v) is 4.44. The third-order valence-corrected chi connectivity index (χ3v) is 6.09. The second-order valence-corrected chi connectivity index (χ2v) is 8.05. The van der Waals surface area contributed by atoms with Crippen molar-refractivity contribution >= 4 is 16.6 Å². The predicted octanol–water partition coefficient (Wildman–Crippen LogP) is 4.54. The van der Waals surface area contributed by atoms with E-state index in [1.54, 1.807) is 6.20 Å². The molecule has 0 N–H and O–H groups in total. The van der Waals surface area contributed by atoms with Gasteiger partial charge in [0.15, 0.2) is 5.69 Å². The monoisotopic (exact) mass is 454 g/mol. The lowest BCUT2D eigenvalue weighted by Gasteiger charge is -2.25. The molecule has 33 heavy (non-hydrogen) atoms. The Hall–Kier alpha value is -3.69. The number of imidazole rings is 1. The number of rotatable bonds is 4. The van der Waals surface area contributed by atoms with Gasteiger partial charge in [-0.25, -0.2) is 9.97 Å². The van der Waals surface area contributed by atoms with Gasteiger partial charge < -0.3 is 14.0 Å². The van der Waals surface area contributed by atoms with Gasteiger partial charge in [0.1, 0.15) is 5.82 Å². The summed E-state index contributed by atoms with van der Waals surface area (Å²) >= 11 is 0. The highest BCUT2D eigenvalue weighted by Gasteiger charge is 2.34. The number of nitrogens with zero attached hydrogens (tertiary/aromatic N) is 6. The fraction of sp³-hybridized carbons (Fsp3) is 0.304. The van der Waals surface area contributed by atoms with Crippen LogP contribution in [0.5, 0.6) is 6.01 Å². The molecule has 4 aromatic rings. The van der Waals surface area contributed by atoms with E-state index in [9.17, 15) is 13.2 Å². The summed E-state index contributed by atoms with van der Waals surface area (Å²) in [6.07, 6.45) is 1.72. The maximum Gasteiger partial charge on any atom is 0.433 e. The first-order chi connectivity index (χ1) is 15.8. The van der Waals surface area contributed by atoms with E-state index in [1.807, 2.05) is 49.0 Å². The van der Waals surface area contributed by atoms with Crippen LogP contribution in [0.4, 0.5) is 13.2 Å². The van der Waals surface area contributed by atoms with Crippen LogP contribution >= 0.6 is 0 Å². The lowest BCUT2D eigenvalue weighted by molar-refractivity contribution is -0.141. The second kappa shape index (κ2) is 8.02. The molecule has 1 aliphatic rings. The molecule has 3 heterocycles. The molecule has 1 atom stereocenters. The first-order valence-corrected chi connectivity index (χ1v) is 10.5. The molecule has 1 unspecified atom stereocenters. The van der Waals surface area contributed by atoms with Crippen LogP contribution in [-0.4, -0.2) is 29.8 Å². The molecule has 170 valence electrons. The van der Waals surface area contributed by atoms with Crippen molar-refractivity contribution in [3.05, 3.63) is 71.7 Å². The number of halogens is 3. The van der Waals surface area contributed by atoms with Gasteiger partial charge in [0, 0.05) is 60.3 Å². The Labute approximate surface area is 187 Å². The van der Waals surface area contributed by atoms with Crippen molar-refractivity contribution in [3.63, 3.8) is 0 Å². The third kappa shape index (κ3) is 3.85. The Morgan fingerprint density at radius 3 is 2.73 bits per heavy atom. The number of aryl methyl sites for hydroxylation is 2. The highest BCUT2D eigenvalue weighted by Crippen LogP contribution is 2.35. The fourth-order valence-electron chi connectivity index (χ4n) is 4.44. The van der Waals surface area contributed by atoms with Crippen molar-refractivity contribution in [3.8, 4) is 6.01 Å². The average molecular weight is 454 g/mol. The van der Waals surface area contributed by atoms with E-state index in [2.05, 4.69) is 24.7 Å². The maximum atomic E-state index is 13.1. The van der Waals surface area contributed by atoms with Crippen molar-refractivity contribution in [2.75, 3.05) is 0 Å². The van der Waals surface area contributed by atoms with Gasteiger partial charge in [-0.1, -0.05) is 23.4 Å². The number of alkyl halides is 3. The first-order valence-electron chi connectivity index (χ1n) is 10.5. The van der Waals surface area contributed by atoms with Crippen LogP contribution in [0, 0.1) is 12.8 Å². The highest BCUT2D eigenvalue weighted by molar-refractivity contribution is 6.13. The molecule has 7 nitrogen and oxygen atoms in total. The predicted molar refractivity (Wildman–Crippen MR) is 116 cm³/mol. The number of hydrogen-bond acceptors (Lipinski definition) is 5. The summed E-state index contributed by atoms with van der Waals surface area (Å²) in [5.41, 5.74) is 2.72. The lowest BCUT2D eigenvalue weighted by Crippen LogP contribution is -2.28. The van der Waals surface area contributed by atoms with Crippen molar-refractivity contribution in [2.24, 2.45) is 18.1 Å². The van der Waals surface area contributed by atoms with Crippen LogP contribution in [0.25, 0.3) is 10.9 Å². The Bertz CT molecular complexity index is 1350. The van der Waals surface area contributed by atoms with Gasteiger partial charge in [0.05, 0.1) is 5.71 Å². The lowest BCUT2D eigenvalue weighted by atomic mass is 9.84. The van der Waals surface area contributed by atoms with Crippen molar-refractivity contribution in [1.82, 2.24) is 24.1 Å².